The van der Waals surface area contributed by atoms with Gasteiger partial charge in [-0.25, -0.2) is 8.42 Å². The van der Waals surface area contributed by atoms with E-state index in [2.05, 4.69) is 10.6 Å². The number of sulfone groups is 1. The van der Waals surface area contributed by atoms with E-state index in [-0.39, 0.29) is 16.8 Å². The molecule has 6 nitrogen and oxygen atoms in total. The van der Waals surface area contributed by atoms with Crippen molar-refractivity contribution in [2.24, 2.45) is 0 Å². The molecule has 0 aromatic heterocycles. The first-order chi connectivity index (χ1) is 13.5. The second-order valence-electron chi connectivity index (χ2n) is 6.97. The first-order valence-corrected chi connectivity index (χ1v) is 11.1. The summed E-state index contributed by atoms with van der Waals surface area (Å²) in [5, 5.41) is 5.59. The summed E-state index contributed by atoms with van der Waals surface area (Å²) in [6, 6.07) is 14.6. The fourth-order valence-corrected chi connectivity index (χ4v) is 4.53. The zero-order valence-corrected chi connectivity index (χ0v) is 16.4. The smallest absolute Gasteiger partial charge is 0.253 e. The molecule has 28 heavy (non-hydrogen) atoms. The molecule has 1 saturated carbocycles. The lowest BCUT2D eigenvalue weighted by atomic mass is 9.95. The number of benzene rings is 2. The first kappa shape index (κ1) is 20.1. The maximum atomic E-state index is 12.6. The van der Waals surface area contributed by atoms with Crippen LogP contribution in [0.2, 0.25) is 0 Å². The molecule has 0 saturated heterocycles. The number of para-hydroxylation sites is 1. The van der Waals surface area contributed by atoms with Crippen LogP contribution in [-0.4, -0.2) is 32.0 Å². The molecule has 2 aromatic rings. The summed E-state index contributed by atoms with van der Waals surface area (Å²) in [7, 11) is -3.75. The molecule has 0 heterocycles. The van der Waals surface area contributed by atoms with Gasteiger partial charge in [0.15, 0.2) is 9.84 Å². The molecule has 3 rings (SSSR count). The normalized spacial score (nSPS) is 15.0. The van der Waals surface area contributed by atoms with Crippen molar-refractivity contribution in [1.82, 2.24) is 5.32 Å². The second kappa shape index (κ2) is 9.01. The summed E-state index contributed by atoms with van der Waals surface area (Å²) in [5.74, 6) is -1.62. The van der Waals surface area contributed by atoms with Gasteiger partial charge in [0.05, 0.1) is 16.1 Å². The fourth-order valence-electron chi connectivity index (χ4n) is 3.37. The molecule has 2 aromatic carbocycles. The molecule has 1 aliphatic rings. The molecule has 1 aliphatic carbocycles. The summed E-state index contributed by atoms with van der Waals surface area (Å²) >= 11 is 0. The van der Waals surface area contributed by atoms with Gasteiger partial charge in [-0.3, -0.25) is 9.59 Å². The number of hydrogen-bond acceptors (Lipinski definition) is 4. The lowest BCUT2D eigenvalue weighted by Crippen LogP contribution is -2.36. The highest BCUT2D eigenvalue weighted by Crippen LogP contribution is 2.20. The number of nitrogens with one attached hydrogen (secondary N) is 2. The highest BCUT2D eigenvalue weighted by Gasteiger charge is 2.22. The number of hydrogen-bond donors (Lipinski definition) is 2. The third kappa shape index (κ3) is 5.19. The van der Waals surface area contributed by atoms with Gasteiger partial charge in [0.25, 0.3) is 5.91 Å². The van der Waals surface area contributed by atoms with Crippen molar-refractivity contribution in [2.75, 3.05) is 11.1 Å². The van der Waals surface area contributed by atoms with Crippen LogP contribution in [0.5, 0.6) is 0 Å². The summed E-state index contributed by atoms with van der Waals surface area (Å²) in [5.41, 5.74) is 0.641. The summed E-state index contributed by atoms with van der Waals surface area (Å²) < 4.78 is 24.7. The maximum Gasteiger partial charge on any atom is 0.253 e. The van der Waals surface area contributed by atoms with Crippen molar-refractivity contribution >= 4 is 27.3 Å². The highest BCUT2D eigenvalue weighted by molar-refractivity contribution is 7.92. The van der Waals surface area contributed by atoms with Gasteiger partial charge in [0.2, 0.25) is 5.91 Å². The summed E-state index contributed by atoms with van der Waals surface area (Å²) in [6.45, 7) is 0. The van der Waals surface area contributed by atoms with Gasteiger partial charge in [-0.15, -0.1) is 0 Å². The Morgan fingerprint density at radius 1 is 0.893 bits per heavy atom. The Hall–Kier alpha value is -2.67. The summed E-state index contributed by atoms with van der Waals surface area (Å²) in [4.78, 5) is 25.1. The topological polar surface area (TPSA) is 92.3 Å². The van der Waals surface area contributed by atoms with Crippen molar-refractivity contribution in [3.8, 4) is 0 Å². The van der Waals surface area contributed by atoms with E-state index >= 15 is 0 Å². The third-order valence-corrected chi connectivity index (χ3v) is 6.44. The zero-order valence-electron chi connectivity index (χ0n) is 15.6. The van der Waals surface area contributed by atoms with Crippen LogP contribution in [0.25, 0.3) is 0 Å². The fraction of sp³-hybridized carbons (Fsp3) is 0.333. The van der Waals surface area contributed by atoms with Crippen LogP contribution >= 0.6 is 0 Å². The van der Waals surface area contributed by atoms with Crippen LogP contribution in [0.3, 0.4) is 0 Å². The van der Waals surface area contributed by atoms with Crippen molar-refractivity contribution in [3.05, 3.63) is 60.2 Å². The van der Waals surface area contributed by atoms with Gasteiger partial charge in [0.1, 0.15) is 5.75 Å². The Labute approximate surface area is 165 Å². The van der Waals surface area contributed by atoms with Crippen molar-refractivity contribution in [2.45, 2.75) is 43.0 Å². The van der Waals surface area contributed by atoms with Gasteiger partial charge in [-0.1, -0.05) is 49.6 Å². The Bertz CT molecular complexity index is 936. The first-order valence-electron chi connectivity index (χ1n) is 9.43. The van der Waals surface area contributed by atoms with Crippen LogP contribution in [0.15, 0.2) is 59.5 Å². The van der Waals surface area contributed by atoms with Gasteiger partial charge in [-0.2, -0.15) is 0 Å². The van der Waals surface area contributed by atoms with E-state index in [0.717, 1.165) is 25.7 Å². The van der Waals surface area contributed by atoms with E-state index in [9.17, 15) is 18.0 Å². The molecule has 0 spiro atoms. The van der Waals surface area contributed by atoms with E-state index in [0.29, 0.717) is 11.3 Å². The number of carbonyl (C=O) groups excluding carboxylic acids is 2. The zero-order chi connectivity index (χ0) is 20.0. The van der Waals surface area contributed by atoms with Gasteiger partial charge < -0.3 is 10.6 Å². The summed E-state index contributed by atoms with van der Waals surface area (Å²) in [6.07, 6.45) is 5.29. The molecule has 2 N–H and O–H groups in total. The quantitative estimate of drug-likeness (QED) is 0.779. The van der Waals surface area contributed by atoms with E-state index in [1.807, 2.05) is 0 Å². The minimum absolute atomic E-state index is 0.0912. The molecule has 2 amide bonds. The Balaban J connectivity index is 1.69. The molecule has 0 unspecified atom stereocenters. The van der Waals surface area contributed by atoms with Crippen molar-refractivity contribution in [3.63, 3.8) is 0 Å². The van der Waals surface area contributed by atoms with Crippen LogP contribution < -0.4 is 10.6 Å². The van der Waals surface area contributed by atoms with Crippen molar-refractivity contribution in [1.29, 1.82) is 0 Å². The number of amides is 2. The maximum absolute atomic E-state index is 12.6. The van der Waals surface area contributed by atoms with Crippen LogP contribution in [-0.2, 0) is 14.6 Å². The van der Waals surface area contributed by atoms with E-state index in [1.165, 1.54) is 18.6 Å². The standard InChI is InChI=1S/C21H24N2O4S/c24-20(15-28(26,27)17-11-5-2-6-12-17)23-19-14-8-7-13-18(19)21(25)22-16-9-3-1-4-10-16/h2,5-8,11-14,16H,1,3-4,9-10,15H2,(H,22,25)(H,23,24). The minimum atomic E-state index is -3.75. The Morgan fingerprint density at radius 2 is 1.54 bits per heavy atom. The van der Waals surface area contributed by atoms with Crippen LogP contribution in [0.4, 0.5) is 5.69 Å². The molecule has 148 valence electrons. The van der Waals surface area contributed by atoms with E-state index < -0.39 is 21.5 Å². The Kier molecular flexibility index (Phi) is 6.46. The molecule has 0 aliphatic heterocycles. The lowest BCUT2D eigenvalue weighted by molar-refractivity contribution is -0.113. The lowest BCUT2D eigenvalue weighted by Gasteiger charge is -2.23. The number of rotatable bonds is 6. The van der Waals surface area contributed by atoms with Crippen LogP contribution in [0, 0.1) is 0 Å². The third-order valence-electron chi connectivity index (χ3n) is 4.81. The SMILES string of the molecule is O=C(CS(=O)(=O)c1ccccc1)Nc1ccccc1C(=O)NC1CCCCC1. The van der Waals surface area contributed by atoms with Gasteiger partial charge >= 0.3 is 0 Å². The number of anilines is 1. The molecule has 1 fully saturated rings. The largest absolute Gasteiger partial charge is 0.349 e. The highest BCUT2D eigenvalue weighted by atomic mass is 32.2. The molecule has 0 atom stereocenters. The van der Waals surface area contributed by atoms with Crippen LogP contribution in [0.1, 0.15) is 42.5 Å². The Morgan fingerprint density at radius 3 is 2.25 bits per heavy atom. The molecule has 7 heteroatoms. The predicted molar refractivity (Wildman–Crippen MR) is 108 cm³/mol. The molecular formula is C21H24N2O4S. The predicted octanol–water partition coefficient (Wildman–Crippen LogP) is 3.16. The monoisotopic (exact) mass is 400 g/mol. The second-order valence-corrected chi connectivity index (χ2v) is 8.96. The number of carbonyl (C=O) groups is 2. The van der Waals surface area contributed by atoms with Gasteiger partial charge in [0, 0.05) is 6.04 Å². The van der Waals surface area contributed by atoms with Gasteiger partial charge in [-0.05, 0) is 37.1 Å². The van der Waals surface area contributed by atoms with E-state index in [4.69, 9.17) is 0 Å². The van der Waals surface area contributed by atoms with E-state index in [1.54, 1.807) is 42.5 Å². The average Bonchev–Trinajstić information content (AvgIpc) is 2.69. The molecular weight excluding hydrogens is 376 g/mol. The average molecular weight is 401 g/mol. The molecule has 0 radical (unpaired) electrons. The molecule has 0 bridgehead atoms. The minimum Gasteiger partial charge on any atom is -0.349 e. The van der Waals surface area contributed by atoms with Crippen molar-refractivity contribution < 1.29 is 18.0 Å².